The van der Waals surface area contributed by atoms with Crippen LogP contribution in [0.5, 0.6) is 0 Å². The number of unbranched alkanes of at least 4 members (excludes halogenated alkanes) is 2. The number of fused-ring (bicyclic) bond motifs is 1. The van der Waals surface area contributed by atoms with Crippen LogP contribution in [0.15, 0.2) is 59.8 Å². The predicted octanol–water partition coefficient (Wildman–Crippen LogP) is 4.80. The van der Waals surface area contributed by atoms with Gasteiger partial charge in [0.1, 0.15) is 0 Å². The van der Waals surface area contributed by atoms with E-state index in [4.69, 9.17) is 0 Å². The minimum Gasteiger partial charge on any atom is -0.352 e. The normalized spacial score (nSPS) is 16.0. The fourth-order valence-corrected chi connectivity index (χ4v) is 5.82. The highest BCUT2D eigenvalue weighted by atomic mass is 32.2. The number of hydrogen-bond acceptors (Lipinski definition) is 4. The molecule has 1 aliphatic rings. The molecular weight excluding hydrogens is 410 g/mol. The first-order valence-corrected chi connectivity index (χ1v) is 12.5. The molecule has 0 aliphatic carbocycles. The van der Waals surface area contributed by atoms with E-state index in [2.05, 4.69) is 9.97 Å². The van der Waals surface area contributed by atoms with Gasteiger partial charge in [-0.25, -0.2) is 8.42 Å². The number of carbonyl (C=O) groups is 1. The number of piperidine rings is 1. The molecule has 6 nitrogen and oxygen atoms in total. The van der Waals surface area contributed by atoms with E-state index in [0.29, 0.717) is 36.0 Å². The average molecular weight is 440 g/mol. The van der Waals surface area contributed by atoms with Crippen LogP contribution < -0.4 is 0 Å². The van der Waals surface area contributed by atoms with Crippen molar-refractivity contribution in [3.63, 3.8) is 0 Å². The molecule has 1 saturated heterocycles. The molecule has 0 spiro atoms. The van der Waals surface area contributed by atoms with Gasteiger partial charge in [-0.05, 0) is 49.4 Å². The van der Waals surface area contributed by atoms with Gasteiger partial charge in [0.05, 0.1) is 10.6 Å². The number of aromatic amines is 1. The standard InChI is InChI=1S/C24H29N3O3S/c28-24(23-17-20-18-25-14-11-22(20)26-23)10-6-1-3-7-19-12-15-27(16-13-19)31(29,30)21-8-4-2-5-9-21/h2,4-5,8-9,11,14,17-19,26H,1,3,6-7,10,12-13,15-16H2. The second-order valence-corrected chi connectivity index (χ2v) is 10.3. The summed E-state index contributed by atoms with van der Waals surface area (Å²) in [4.78, 5) is 20.0. The van der Waals surface area contributed by atoms with Crippen LogP contribution in [0.3, 0.4) is 0 Å². The summed E-state index contributed by atoms with van der Waals surface area (Å²) in [6.07, 6.45) is 9.94. The van der Waals surface area contributed by atoms with Gasteiger partial charge < -0.3 is 4.98 Å². The number of Topliss-reactive ketones (excluding diaryl/α,β-unsaturated/α-hetero) is 1. The number of nitrogens with zero attached hydrogens (tertiary/aromatic N) is 2. The van der Waals surface area contributed by atoms with E-state index in [1.54, 1.807) is 41.0 Å². The number of ketones is 1. The molecule has 7 heteroatoms. The number of benzene rings is 1. The lowest BCUT2D eigenvalue weighted by Gasteiger charge is -2.31. The highest BCUT2D eigenvalue weighted by Gasteiger charge is 2.28. The molecule has 2 aromatic heterocycles. The topological polar surface area (TPSA) is 83.1 Å². The minimum atomic E-state index is -3.37. The number of H-pyrrole nitrogens is 1. The van der Waals surface area contributed by atoms with Crippen molar-refractivity contribution in [2.24, 2.45) is 5.92 Å². The Morgan fingerprint density at radius 1 is 1.06 bits per heavy atom. The molecule has 164 valence electrons. The summed E-state index contributed by atoms with van der Waals surface area (Å²) in [6, 6.07) is 12.4. The lowest BCUT2D eigenvalue weighted by molar-refractivity contribution is 0.0975. The van der Waals surface area contributed by atoms with Crippen molar-refractivity contribution in [3.8, 4) is 0 Å². The first-order chi connectivity index (χ1) is 15.0. The van der Waals surface area contributed by atoms with Crippen molar-refractivity contribution in [1.82, 2.24) is 14.3 Å². The molecule has 1 aromatic carbocycles. The molecule has 0 saturated carbocycles. The van der Waals surface area contributed by atoms with Crippen LogP contribution in [0.4, 0.5) is 0 Å². The van der Waals surface area contributed by atoms with Gasteiger partial charge >= 0.3 is 0 Å². The SMILES string of the molecule is O=C(CCCCCC1CCN(S(=O)(=O)c2ccccc2)CC1)c1cc2cnccc2[nH]1. The molecule has 31 heavy (non-hydrogen) atoms. The largest absolute Gasteiger partial charge is 0.352 e. The quantitative estimate of drug-likeness (QED) is 0.384. The molecule has 0 bridgehead atoms. The number of hydrogen-bond donors (Lipinski definition) is 1. The van der Waals surface area contributed by atoms with Gasteiger partial charge in [-0.15, -0.1) is 0 Å². The molecule has 0 radical (unpaired) electrons. The Morgan fingerprint density at radius 2 is 1.84 bits per heavy atom. The number of pyridine rings is 1. The summed E-state index contributed by atoms with van der Waals surface area (Å²) in [7, 11) is -3.37. The Balaban J connectivity index is 1.16. The lowest BCUT2D eigenvalue weighted by Crippen LogP contribution is -2.38. The second kappa shape index (κ2) is 9.75. The van der Waals surface area contributed by atoms with Crippen LogP contribution in [0.25, 0.3) is 10.9 Å². The molecule has 3 heterocycles. The van der Waals surface area contributed by atoms with Crippen molar-refractivity contribution in [3.05, 3.63) is 60.6 Å². The van der Waals surface area contributed by atoms with E-state index in [1.165, 1.54) is 0 Å². The highest BCUT2D eigenvalue weighted by Crippen LogP contribution is 2.27. The zero-order valence-corrected chi connectivity index (χ0v) is 18.5. The number of sulfonamides is 1. The van der Waals surface area contributed by atoms with E-state index >= 15 is 0 Å². The fraction of sp³-hybridized carbons (Fsp3) is 0.417. The Kier molecular flexibility index (Phi) is 6.83. The predicted molar refractivity (Wildman–Crippen MR) is 121 cm³/mol. The second-order valence-electron chi connectivity index (χ2n) is 8.33. The molecule has 4 rings (SSSR count). The smallest absolute Gasteiger partial charge is 0.243 e. The molecule has 0 atom stereocenters. The summed E-state index contributed by atoms with van der Waals surface area (Å²) in [5.74, 6) is 0.717. The van der Waals surface area contributed by atoms with Gasteiger partial charge in [-0.2, -0.15) is 4.31 Å². The van der Waals surface area contributed by atoms with Crippen molar-refractivity contribution in [2.45, 2.75) is 49.8 Å². The van der Waals surface area contributed by atoms with E-state index in [-0.39, 0.29) is 5.78 Å². The maximum atomic E-state index is 12.7. The number of carbonyl (C=O) groups excluding carboxylic acids is 1. The third-order valence-electron chi connectivity index (χ3n) is 6.19. The summed E-state index contributed by atoms with van der Waals surface area (Å²) in [6.45, 7) is 1.19. The highest BCUT2D eigenvalue weighted by molar-refractivity contribution is 7.89. The number of aromatic nitrogens is 2. The van der Waals surface area contributed by atoms with E-state index < -0.39 is 10.0 Å². The molecule has 0 unspecified atom stereocenters. The third kappa shape index (κ3) is 5.22. The van der Waals surface area contributed by atoms with Crippen LogP contribution in [-0.4, -0.2) is 41.6 Å². The van der Waals surface area contributed by atoms with Gasteiger partial charge in [-0.1, -0.05) is 37.5 Å². The Morgan fingerprint density at radius 3 is 2.58 bits per heavy atom. The van der Waals surface area contributed by atoms with Crippen LogP contribution in [0, 0.1) is 5.92 Å². The zero-order valence-electron chi connectivity index (χ0n) is 17.7. The van der Waals surface area contributed by atoms with E-state index in [9.17, 15) is 13.2 Å². The van der Waals surface area contributed by atoms with Crippen LogP contribution in [-0.2, 0) is 10.0 Å². The minimum absolute atomic E-state index is 0.149. The summed E-state index contributed by atoms with van der Waals surface area (Å²) in [5, 5.41) is 0.964. The van der Waals surface area contributed by atoms with Crippen LogP contribution >= 0.6 is 0 Å². The molecular formula is C24H29N3O3S. The van der Waals surface area contributed by atoms with Gasteiger partial charge in [0.2, 0.25) is 10.0 Å². The first kappa shape index (κ1) is 21.7. The maximum absolute atomic E-state index is 12.7. The Bertz CT molecular complexity index is 1080. The Hall–Kier alpha value is -2.51. The summed E-state index contributed by atoms with van der Waals surface area (Å²) in [5.41, 5.74) is 1.61. The van der Waals surface area contributed by atoms with Crippen molar-refractivity contribution in [2.75, 3.05) is 13.1 Å². The zero-order chi connectivity index (χ0) is 21.7. The first-order valence-electron chi connectivity index (χ1n) is 11.1. The average Bonchev–Trinajstić information content (AvgIpc) is 3.24. The summed E-state index contributed by atoms with van der Waals surface area (Å²) >= 11 is 0. The monoisotopic (exact) mass is 439 g/mol. The molecule has 3 aromatic rings. The molecule has 1 aliphatic heterocycles. The third-order valence-corrected chi connectivity index (χ3v) is 8.11. The van der Waals surface area contributed by atoms with Gasteiger partial charge in [0.25, 0.3) is 0 Å². The number of rotatable bonds is 9. The van der Waals surface area contributed by atoms with Gasteiger partial charge in [0.15, 0.2) is 5.78 Å². The van der Waals surface area contributed by atoms with E-state index in [0.717, 1.165) is 49.4 Å². The fourth-order valence-electron chi connectivity index (χ4n) is 4.33. The summed E-state index contributed by atoms with van der Waals surface area (Å²) < 4.78 is 27.1. The molecule has 1 N–H and O–H groups in total. The van der Waals surface area contributed by atoms with Crippen molar-refractivity contribution >= 4 is 26.7 Å². The van der Waals surface area contributed by atoms with Crippen molar-refractivity contribution < 1.29 is 13.2 Å². The van der Waals surface area contributed by atoms with Crippen LogP contribution in [0.2, 0.25) is 0 Å². The van der Waals surface area contributed by atoms with Gasteiger partial charge in [0, 0.05) is 42.8 Å². The lowest BCUT2D eigenvalue weighted by atomic mass is 9.92. The maximum Gasteiger partial charge on any atom is 0.243 e. The van der Waals surface area contributed by atoms with Crippen molar-refractivity contribution in [1.29, 1.82) is 0 Å². The van der Waals surface area contributed by atoms with Crippen LogP contribution in [0.1, 0.15) is 55.4 Å². The number of nitrogens with one attached hydrogen (secondary N) is 1. The van der Waals surface area contributed by atoms with E-state index in [1.807, 2.05) is 18.2 Å². The Labute approximate surface area is 183 Å². The molecule has 0 amide bonds. The van der Waals surface area contributed by atoms with Gasteiger partial charge in [-0.3, -0.25) is 9.78 Å². The molecule has 1 fully saturated rings.